The SMILES string of the molecule is CC(=O)Nc1ccc(S(=O)(=O)N(C)CC(=O)OCc2ccccc2)cc1. The minimum absolute atomic E-state index is 0.0185. The molecule has 2 aromatic rings. The Morgan fingerprint density at radius 2 is 1.65 bits per heavy atom. The van der Waals surface area contributed by atoms with Crippen molar-refractivity contribution in [2.75, 3.05) is 18.9 Å². The number of hydrogen-bond donors (Lipinski definition) is 1. The zero-order chi connectivity index (χ0) is 19.2. The third kappa shape index (κ3) is 5.40. The van der Waals surface area contributed by atoms with Crippen LogP contribution in [-0.4, -0.2) is 38.2 Å². The number of sulfonamides is 1. The summed E-state index contributed by atoms with van der Waals surface area (Å²) in [5.74, 6) is -0.895. The van der Waals surface area contributed by atoms with Crippen molar-refractivity contribution in [3.05, 3.63) is 60.2 Å². The molecule has 8 heteroatoms. The van der Waals surface area contributed by atoms with E-state index in [0.717, 1.165) is 9.87 Å². The normalized spacial score (nSPS) is 11.2. The third-order valence-electron chi connectivity index (χ3n) is 3.48. The van der Waals surface area contributed by atoms with Gasteiger partial charge in [-0.1, -0.05) is 30.3 Å². The average molecular weight is 376 g/mol. The van der Waals surface area contributed by atoms with Gasteiger partial charge < -0.3 is 10.1 Å². The molecule has 0 atom stereocenters. The zero-order valence-corrected chi connectivity index (χ0v) is 15.3. The molecule has 2 rings (SSSR count). The van der Waals surface area contributed by atoms with E-state index in [1.807, 2.05) is 30.3 Å². The summed E-state index contributed by atoms with van der Waals surface area (Å²) in [5, 5.41) is 2.56. The lowest BCUT2D eigenvalue weighted by Gasteiger charge is -2.16. The molecule has 2 aromatic carbocycles. The minimum Gasteiger partial charge on any atom is -0.460 e. The highest BCUT2D eigenvalue weighted by molar-refractivity contribution is 7.89. The van der Waals surface area contributed by atoms with Crippen molar-refractivity contribution >= 4 is 27.6 Å². The topological polar surface area (TPSA) is 92.8 Å². The van der Waals surface area contributed by atoms with Crippen LogP contribution < -0.4 is 5.32 Å². The highest BCUT2D eigenvalue weighted by Crippen LogP contribution is 2.17. The van der Waals surface area contributed by atoms with Gasteiger partial charge in [-0.15, -0.1) is 0 Å². The fourth-order valence-corrected chi connectivity index (χ4v) is 3.26. The highest BCUT2D eigenvalue weighted by atomic mass is 32.2. The van der Waals surface area contributed by atoms with Crippen molar-refractivity contribution in [2.24, 2.45) is 0 Å². The molecule has 0 aromatic heterocycles. The molecule has 1 N–H and O–H groups in total. The molecular weight excluding hydrogens is 356 g/mol. The Labute approximate surface area is 152 Å². The Morgan fingerprint density at radius 1 is 1.04 bits per heavy atom. The summed E-state index contributed by atoms with van der Waals surface area (Å²) in [6.45, 7) is 1.04. The van der Waals surface area contributed by atoms with Crippen LogP contribution in [0.2, 0.25) is 0 Å². The first kappa shape index (κ1) is 19.6. The van der Waals surface area contributed by atoms with Gasteiger partial charge in [-0.2, -0.15) is 4.31 Å². The van der Waals surface area contributed by atoms with Crippen molar-refractivity contribution in [3.8, 4) is 0 Å². The molecule has 0 aliphatic carbocycles. The lowest BCUT2D eigenvalue weighted by atomic mass is 10.2. The van der Waals surface area contributed by atoms with Gasteiger partial charge in [0.15, 0.2) is 0 Å². The molecule has 1 amide bonds. The summed E-state index contributed by atoms with van der Waals surface area (Å²) in [5.41, 5.74) is 1.31. The maximum absolute atomic E-state index is 12.5. The van der Waals surface area contributed by atoms with Crippen LogP contribution in [0.5, 0.6) is 0 Å². The molecule has 0 bridgehead atoms. The lowest BCUT2D eigenvalue weighted by molar-refractivity contribution is -0.144. The molecular formula is C18H20N2O5S. The Balaban J connectivity index is 1.97. The summed E-state index contributed by atoms with van der Waals surface area (Å²) < 4.78 is 31.0. The molecule has 0 heterocycles. The van der Waals surface area contributed by atoms with Crippen LogP contribution >= 0.6 is 0 Å². The van der Waals surface area contributed by atoms with E-state index in [4.69, 9.17) is 4.74 Å². The van der Waals surface area contributed by atoms with Gasteiger partial charge in [0.2, 0.25) is 15.9 Å². The monoisotopic (exact) mass is 376 g/mol. The van der Waals surface area contributed by atoms with Crippen molar-refractivity contribution in [3.63, 3.8) is 0 Å². The van der Waals surface area contributed by atoms with Crippen molar-refractivity contribution in [2.45, 2.75) is 18.4 Å². The van der Waals surface area contributed by atoms with Gasteiger partial charge >= 0.3 is 5.97 Å². The van der Waals surface area contributed by atoms with Crippen LogP contribution in [0.25, 0.3) is 0 Å². The second-order valence-electron chi connectivity index (χ2n) is 5.61. The van der Waals surface area contributed by atoms with E-state index in [1.54, 1.807) is 0 Å². The number of esters is 1. The first-order valence-corrected chi connectivity index (χ1v) is 9.26. The van der Waals surface area contributed by atoms with Crippen LogP contribution in [0.4, 0.5) is 5.69 Å². The van der Waals surface area contributed by atoms with E-state index in [0.29, 0.717) is 5.69 Å². The van der Waals surface area contributed by atoms with E-state index < -0.39 is 22.5 Å². The van der Waals surface area contributed by atoms with Gasteiger partial charge in [0.1, 0.15) is 13.2 Å². The summed E-state index contributed by atoms with van der Waals surface area (Å²) in [4.78, 5) is 22.9. The molecule has 0 radical (unpaired) electrons. The highest BCUT2D eigenvalue weighted by Gasteiger charge is 2.23. The second kappa shape index (κ2) is 8.59. The maximum atomic E-state index is 12.5. The summed E-state index contributed by atoms with van der Waals surface area (Å²) in [6, 6.07) is 14.8. The number of carbonyl (C=O) groups is 2. The Morgan fingerprint density at radius 3 is 2.23 bits per heavy atom. The third-order valence-corrected chi connectivity index (χ3v) is 5.29. The van der Waals surface area contributed by atoms with Gasteiger partial charge in [-0.3, -0.25) is 9.59 Å². The standard InChI is InChI=1S/C18H20N2O5S/c1-14(21)19-16-8-10-17(11-9-16)26(23,24)20(2)12-18(22)25-13-15-6-4-3-5-7-15/h3-11H,12-13H2,1-2H3,(H,19,21). The summed E-state index contributed by atoms with van der Waals surface area (Å²) in [6.07, 6.45) is 0. The molecule has 0 aliphatic rings. The lowest BCUT2D eigenvalue weighted by Crippen LogP contribution is -2.33. The van der Waals surface area contributed by atoms with Crippen LogP contribution in [-0.2, 0) is 31.0 Å². The number of anilines is 1. The maximum Gasteiger partial charge on any atom is 0.321 e. The van der Waals surface area contributed by atoms with Gasteiger partial charge in [0.25, 0.3) is 0 Å². The number of nitrogens with one attached hydrogen (secondary N) is 1. The largest absolute Gasteiger partial charge is 0.460 e. The van der Waals surface area contributed by atoms with Gasteiger partial charge in [-0.25, -0.2) is 8.42 Å². The Kier molecular flexibility index (Phi) is 6.48. The fraction of sp³-hybridized carbons (Fsp3) is 0.222. The summed E-state index contributed by atoms with van der Waals surface area (Å²) >= 11 is 0. The number of nitrogens with zero attached hydrogens (tertiary/aromatic N) is 1. The predicted octanol–water partition coefficient (Wildman–Crippen LogP) is 2.01. The first-order valence-electron chi connectivity index (χ1n) is 7.82. The number of benzene rings is 2. The molecule has 138 valence electrons. The molecule has 26 heavy (non-hydrogen) atoms. The van der Waals surface area contributed by atoms with Crippen molar-refractivity contribution in [1.29, 1.82) is 0 Å². The number of ether oxygens (including phenoxy) is 1. The second-order valence-corrected chi connectivity index (χ2v) is 7.66. The van der Waals surface area contributed by atoms with Crippen LogP contribution in [0.3, 0.4) is 0 Å². The molecule has 0 saturated carbocycles. The number of amides is 1. The molecule has 0 aliphatic heterocycles. The molecule has 0 fully saturated rings. The van der Waals surface area contributed by atoms with E-state index in [-0.39, 0.29) is 17.4 Å². The van der Waals surface area contributed by atoms with Crippen molar-refractivity contribution in [1.82, 2.24) is 4.31 Å². The molecule has 0 spiro atoms. The van der Waals surface area contributed by atoms with Crippen molar-refractivity contribution < 1.29 is 22.7 Å². The Hall–Kier alpha value is -2.71. The van der Waals surface area contributed by atoms with E-state index in [1.165, 1.54) is 38.2 Å². The number of hydrogen-bond acceptors (Lipinski definition) is 5. The van der Waals surface area contributed by atoms with Gasteiger partial charge in [-0.05, 0) is 29.8 Å². The van der Waals surface area contributed by atoms with Crippen LogP contribution in [0.15, 0.2) is 59.5 Å². The minimum atomic E-state index is -3.84. The van der Waals surface area contributed by atoms with Crippen LogP contribution in [0, 0.1) is 0 Å². The van der Waals surface area contributed by atoms with Crippen LogP contribution in [0.1, 0.15) is 12.5 Å². The predicted molar refractivity (Wildman–Crippen MR) is 96.8 cm³/mol. The number of likely N-dealkylation sites (N-methyl/N-ethyl adjacent to an activating group) is 1. The molecule has 0 unspecified atom stereocenters. The summed E-state index contributed by atoms with van der Waals surface area (Å²) in [7, 11) is -2.54. The quantitative estimate of drug-likeness (QED) is 0.746. The number of rotatable bonds is 7. The van der Waals surface area contributed by atoms with E-state index in [9.17, 15) is 18.0 Å². The van der Waals surface area contributed by atoms with E-state index in [2.05, 4.69) is 5.32 Å². The fourth-order valence-electron chi connectivity index (χ4n) is 2.14. The zero-order valence-electron chi connectivity index (χ0n) is 14.5. The van der Waals surface area contributed by atoms with Gasteiger partial charge in [0, 0.05) is 19.7 Å². The number of carbonyl (C=O) groups excluding carboxylic acids is 2. The molecule has 7 nitrogen and oxygen atoms in total. The molecule has 0 saturated heterocycles. The first-order chi connectivity index (χ1) is 12.3. The Bertz CT molecular complexity index is 864. The van der Waals surface area contributed by atoms with Gasteiger partial charge in [0.05, 0.1) is 4.90 Å². The smallest absolute Gasteiger partial charge is 0.321 e. The van der Waals surface area contributed by atoms with E-state index >= 15 is 0 Å². The average Bonchev–Trinajstić information content (AvgIpc) is 2.61.